The topological polar surface area (TPSA) is 105 Å². The zero-order chi connectivity index (χ0) is 28.7. The van der Waals surface area contributed by atoms with Crippen molar-refractivity contribution >= 4 is 34.2 Å². The Labute approximate surface area is 243 Å². The van der Waals surface area contributed by atoms with Gasteiger partial charge in [-0.05, 0) is 53.6 Å². The van der Waals surface area contributed by atoms with Crippen molar-refractivity contribution in [2.24, 2.45) is 0 Å². The van der Waals surface area contributed by atoms with Crippen molar-refractivity contribution < 1.29 is 14.3 Å². The van der Waals surface area contributed by atoms with E-state index < -0.39 is 6.04 Å². The number of hydrogen-bond donors (Lipinski definition) is 1. The average molecular weight is 562 g/mol. The predicted molar refractivity (Wildman–Crippen MR) is 160 cm³/mol. The van der Waals surface area contributed by atoms with Gasteiger partial charge in [-0.2, -0.15) is 0 Å². The van der Waals surface area contributed by atoms with Gasteiger partial charge in [0.2, 0.25) is 5.91 Å². The van der Waals surface area contributed by atoms with Crippen LogP contribution >= 0.6 is 0 Å². The van der Waals surface area contributed by atoms with Gasteiger partial charge in [-0.1, -0.05) is 53.7 Å². The Morgan fingerprint density at radius 1 is 0.905 bits per heavy atom. The Bertz CT molecular complexity index is 1640. The van der Waals surface area contributed by atoms with Gasteiger partial charge in [0, 0.05) is 43.4 Å². The number of benzene rings is 3. The number of carbonyl (C=O) groups excluding carboxylic acids is 2. The molecule has 0 spiro atoms. The van der Waals surface area contributed by atoms with Crippen molar-refractivity contribution in [1.82, 2.24) is 24.9 Å². The van der Waals surface area contributed by atoms with Crippen LogP contribution in [0.2, 0.25) is 0 Å². The van der Waals surface area contributed by atoms with E-state index in [0.29, 0.717) is 30.0 Å². The van der Waals surface area contributed by atoms with Crippen LogP contribution in [0.1, 0.15) is 17.2 Å². The number of para-hydroxylation sites is 1. The van der Waals surface area contributed by atoms with Crippen LogP contribution in [-0.2, 0) is 27.4 Å². The van der Waals surface area contributed by atoms with Gasteiger partial charge in [0.25, 0.3) is 5.91 Å². The molecule has 0 saturated carbocycles. The van der Waals surface area contributed by atoms with Gasteiger partial charge in [0.05, 0.1) is 18.7 Å². The number of fused-ring (bicyclic) bond motifs is 1. The Hall–Kier alpha value is -5.09. The summed E-state index contributed by atoms with van der Waals surface area (Å²) in [4.78, 5) is 36.2. The van der Waals surface area contributed by atoms with E-state index in [0.717, 1.165) is 29.9 Å². The molecule has 1 saturated heterocycles. The first-order valence-electron chi connectivity index (χ1n) is 13.9. The number of nitrogens with zero attached hydrogens (tertiary/aromatic N) is 6. The highest BCUT2D eigenvalue weighted by atomic mass is 16.5. The van der Waals surface area contributed by atoms with Gasteiger partial charge in [-0.15, -0.1) is 5.10 Å². The monoisotopic (exact) mass is 561 g/mol. The summed E-state index contributed by atoms with van der Waals surface area (Å²) in [6, 6.07) is 27.4. The van der Waals surface area contributed by atoms with Crippen LogP contribution in [-0.4, -0.2) is 63.0 Å². The van der Waals surface area contributed by atoms with E-state index in [1.54, 1.807) is 22.0 Å². The molecule has 0 radical (unpaired) electrons. The summed E-state index contributed by atoms with van der Waals surface area (Å²) in [6.45, 7) is 3.15. The molecule has 2 aromatic heterocycles. The molecule has 3 heterocycles. The second-order valence-electron chi connectivity index (χ2n) is 10.1. The third-order valence-electron chi connectivity index (χ3n) is 7.29. The summed E-state index contributed by atoms with van der Waals surface area (Å²) in [5.74, 6) is -0.595. The highest BCUT2D eigenvalue weighted by Crippen LogP contribution is 2.27. The smallest absolute Gasteiger partial charge is 0.251 e. The minimum atomic E-state index is -0.910. The summed E-state index contributed by atoms with van der Waals surface area (Å²) < 4.78 is 7.03. The predicted octanol–water partition coefficient (Wildman–Crippen LogP) is 4.07. The number of hydrogen-bond acceptors (Lipinski definition) is 7. The molecule has 0 bridgehead atoms. The zero-order valence-corrected chi connectivity index (χ0v) is 23.0. The summed E-state index contributed by atoms with van der Waals surface area (Å²) in [6.07, 6.45) is 3.38. The number of aromatic nitrogens is 4. The van der Waals surface area contributed by atoms with Crippen LogP contribution in [0.15, 0.2) is 103 Å². The fourth-order valence-corrected chi connectivity index (χ4v) is 5.16. The van der Waals surface area contributed by atoms with Gasteiger partial charge < -0.3 is 19.9 Å². The molecule has 1 aliphatic rings. The lowest BCUT2D eigenvalue weighted by molar-refractivity contribution is -0.140. The minimum absolute atomic E-state index is 0.0777. The fourth-order valence-electron chi connectivity index (χ4n) is 5.16. The van der Waals surface area contributed by atoms with Crippen molar-refractivity contribution in [3.8, 4) is 0 Å². The molecule has 212 valence electrons. The van der Waals surface area contributed by atoms with Crippen LogP contribution < -0.4 is 10.2 Å². The summed E-state index contributed by atoms with van der Waals surface area (Å²) in [5, 5.41) is 11.5. The van der Waals surface area contributed by atoms with E-state index in [2.05, 4.69) is 25.5 Å². The molecular weight excluding hydrogens is 530 g/mol. The van der Waals surface area contributed by atoms with E-state index >= 15 is 0 Å². The molecule has 1 aliphatic heterocycles. The molecule has 5 aromatic rings. The lowest BCUT2D eigenvalue weighted by atomic mass is 10.0. The van der Waals surface area contributed by atoms with E-state index in [1.807, 2.05) is 91.0 Å². The number of amides is 2. The molecule has 0 unspecified atom stereocenters. The average Bonchev–Trinajstić information content (AvgIpc) is 3.45. The maximum absolute atomic E-state index is 14.1. The number of morpholine rings is 1. The highest BCUT2D eigenvalue weighted by molar-refractivity contribution is 5.98. The van der Waals surface area contributed by atoms with E-state index in [4.69, 9.17) is 4.74 Å². The normalized spacial score (nSPS) is 14.0. The van der Waals surface area contributed by atoms with Crippen molar-refractivity contribution in [1.29, 1.82) is 0 Å². The second-order valence-corrected chi connectivity index (χ2v) is 10.1. The lowest BCUT2D eigenvalue weighted by Gasteiger charge is -2.32. The summed E-state index contributed by atoms with van der Waals surface area (Å²) in [5.41, 5.74) is 4.66. The second kappa shape index (κ2) is 12.6. The first-order valence-corrected chi connectivity index (χ1v) is 13.9. The Kier molecular flexibility index (Phi) is 8.14. The summed E-state index contributed by atoms with van der Waals surface area (Å²) in [7, 11) is 0. The first-order chi connectivity index (χ1) is 20.7. The molecular formula is C32H31N7O3. The lowest BCUT2D eigenvalue weighted by Crippen LogP contribution is -2.42. The molecule has 1 fully saturated rings. The maximum atomic E-state index is 14.1. The molecule has 6 rings (SSSR count). The summed E-state index contributed by atoms with van der Waals surface area (Å²) >= 11 is 0. The van der Waals surface area contributed by atoms with Gasteiger partial charge >= 0.3 is 0 Å². The standard InChI is InChI=1S/C32H31N7O3/c40-30(23-39-29-11-5-4-10-28(29)35-36-39)38(22-24-7-6-16-33-21-24)31(25-8-2-1-3-9-25)32(41)34-26-12-14-27(15-13-26)37-17-19-42-20-18-37/h1-16,21,31H,17-20,22-23H2,(H,34,41)/t31-/m0/s1. The van der Waals surface area contributed by atoms with Crippen molar-refractivity contribution in [2.45, 2.75) is 19.1 Å². The molecule has 1 atom stereocenters. The quantitative estimate of drug-likeness (QED) is 0.289. The van der Waals surface area contributed by atoms with Crippen molar-refractivity contribution in [2.75, 3.05) is 36.5 Å². The third-order valence-corrected chi connectivity index (χ3v) is 7.29. The molecule has 2 amide bonds. The molecule has 10 heteroatoms. The Balaban J connectivity index is 1.31. The number of rotatable bonds is 9. The van der Waals surface area contributed by atoms with E-state index in [1.165, 1.54) is 0 Å². The van der Waals surface area contributed by atoms with Crippen molar-refractivity contribution in [3.63, 3.8) is 0 Å². The minimum Gasteiger partial charge on any atom is -0.378 e. The third kappa shape index (κ3) is 6.13. The molecule has 3 aromatic carbocycles. The Morgan fingerprint density at radius 3 is 2.43 bits per heavy atom. The van der Waals surface area contributed by atoms with Gasteiger partial charge in [-0.25, -0.2) is 4.68 Å². The van der Waals surface area contributed by atoms with Crippen LogP contribution in [0.25, 0.3) is 11.0 Å². The zero-order valence-electron chi connectivity index (χ0n) is 23.0. The largest absolute Gasteiger partial charge is 0.378 e. The maximum Gasteiger partial charge on any atom is 0.251 e. The molecule has 42 heavy (non-hydrogen) atoms. The molecule has 10 nitrogen and oxygen atoms in total. The number of pyridine rings is 1. The number of ether oxygens (including phenoxy) is 1. The van der Waals surface area contributed by atoms with Gasteiger partial charge in [0.15, 0.2) is 0 Å². The fraction of sp³-hybridized carbons (Fsp3) is 0.219. The van der Waals surface area contributed by atoms with Crippen molar-refractivity contribution in [3.05, 3.63) is 115 Å². The van der Waals surface area contributed by atoms with Gasteiger partial charge in [-0.3, -0.25) is 14.6 Å². The van der Waals surface area contributed by atoms with E-state index in [9.17, 15) is 9.59 Å². The van der Waals surface area contributed by atoms with Crippen LogP contribution in [0.5, 0.6) is 0 Å². The Morgan fingerprint density at radius 2 is 1.67 bits per heavy atom. The molecule has 0 aliphatic carbocycles. The number of carbonyl (C=O) groups is 2. The van der Waals surface area contributed by atoms with Crippen LogP contribution in [0, 0.1) is 0 Å². The highest BCUT2D eigenvalue weighted by Gasteiger charge is 2.32. The number of anilines is 2. The first kappa shape index (κ1) is 27.1. The molecule has 1 N–H and O–H groups in total. The van der Waals surface area contributed by atoms with Gasteiger partial charge in [0.1, 0.15) is 18.1 Å². The van der Waals surface area contributed by atoms with Crippen LogP contribution in [0.3, 0.4) is 0 Å². The van der Waals surface area contributed by atoms with E-state index in [-0.39, 0.29) is 24.9 Å². The number of nitrogens with one attached hydrogen (secondary N) is 1. The SMILES string of the molecule is O=C(Nc1ccc(N2CCOCC2)cc1)[C@H](c1ccccc1)N(Cc1cccnc1)C(=O)Cn1nnc2ccccc21. The van der Waals surface area contributed by atoms with Crippen LogP contribution in [0.4, 0.5) is 11.4 Å².